The third-order valence-corrected chi connectivity index (χ3v) is 4.12. The molecule has 0 saturated carbocycles. The summed E-state index contributed by atoms with van der Waals surface area (Å²) < 4.78 is 10.4. The molecule has 8 heteroatoms. The van der Waals surface area contributed by atoms with Crippen LogP contribution in [-0.2, 0) is 4.74 Å². The number of aromatic nitrogens is 3. The van der Waals surface area contributed by atoms with Crippen LogP contribution in [0.25, 0.3) is 0 Å². The molecule has 2 N–H and O–H groups in total. The molecule has 1 aliphatic heterocycles. The third-order valence-electron chi connectivity index (χ3n) is 4.12. The van der Waals surface area contributed by atoms with Gasteiger partial charge in [-0.15, -0.1) is 0 Å². The summed E-state index contributed by atoms with van der Waals surface area (Å²) in [6.45, 7) is 7.63. The summed E-state index contributed by atoms with van der Waals surface area (Å²) in [5.74, 6) is 1.94. The summed E-state index contributed by atoms with van der Waals surface area (Å²) in [6, 6.07) is 5.63. The van der Waals surface area contributed by atoms with Gasteiger partial charge in [0.25, 0.3) is 0 Å². The minimum Gasteiger partial charge on any atom is -0.481 e. The summed E-state index contributed by atoms with van der Waals surface area (Å²) in [4.78, 5) is 15.6. The largest absolute Gasteiger partial charge is 0.481 e. The van der Waals surface area contributed by atoms with Crippen molar-refractivity contribution in [2.45, 2.75) is 13.3 Å². The minimum atomic E-state index is 0.549. The molecule has 1 fully saturated rings. The topological polar surface area (TPSA) is 84.4 Å². The second-order valence-corrected chi connectivity index (χ2v) is 6.17. The summed E-state index contributed by atoms with van der Waals surface area (Å²) in [6.07, 6.45) is 2.76. The molecule has 140 valence electrons. The van der Waals surface area contributed by atoms with Crippen molar-refractivity contribution in [3.8, 4) is 5.88 Å². The normalized spacial score (nSPS) is 14.8. The van der Waals surface area contributed by atoms with E-state index in [1.54, 1.807) is 19.4 Å². The van der Waals surface area contributed by atoms with Crippen LogP contribution in [0.1, 0.15) is 12.1 Å². The van der Waals surface area contributed by atoms with Crippen molar-refractivity contribution in [1.29, 1.82) is 0 Å². The van der Waals surface area contributed by atoms with E-state index in [-0.39, 0.29) is 0 Å². The highest BCUT2D eigenvalue weighted by molar-refractivity contribution is 5.54. The molecular weight excluding hydrogens is 332 g/mol. The standard InChI is InChI=1S/C18H26N6O2/c1-14-12-16(19-6-3-7-24-8-10-26-11-9-24)23-18(21-14)22-15-4-5-17(25-2)20-13-15/h4-5,12-13H,3,6-11H2,1-2H3,(H2,19,21,22,23). The maximum Gasteiger partial charge on any atom is 0.229 e. The Bertz CT molecular complexity index is 689. The highest BCUT2D eigenvalue weighted by Crippen LogP contribution is 2.17. The van der Waals surface area contributed by atoms with Crippen molar-refractivity contribution >= 4 is 17.5 Å². The van der Waals surface area contributed by atoms with E-state index >= 15 is 0 Å². The number of pyridine rings is 1. The molecule has 8 nitrogen and oxygen atoms in total. The van der Waals surface area contributed by atoms with E-state index in [4.69, 9.17) is 9.47 Å². The van der Waals surface area contributed by atoms with Crippen LogP contribution in [0, 0.1) is 6.92 Å². The van der Waals surface area contributed by atoms with Crippen molar-refractivity contribution in [3.05, 3.63) is 30.1 Å². The number of hydrogen-bond donors (Lipinski definition) is 2. The van der Waals surface area contributed by atoms with Crippen molar-refractivity contribution in [1.82, 2.24) is 19.9 Å². The zero-order valence-electron chi connectivity index (χ0n) is 15.4. The van der Waals surface area contributed by atoms with Gasteiger partial charge in [0.1, 0.15) is 5.82 Å². The Hall–Kier alpha value is -2.45. The fraction of sp³-hybridized carbons (Fsp3) is 0.500. The van der Waals surface area contributed by atoms with E-state index in [0.29, 0.717) is 11.8 Å². The first kappa shape index (κ1) is 18.3. The van der Waals surface area contributed by atoms with Gasteiger partial charge in [-0.05, 0) is 26.0 Å². The fourth-order valence-electron chi connectivity index (χ4n) is 2.76. The number of rotatable bonds is 8. The Kier molecular flexibility index (Phi) is 6.56. The predicted molar refractivity (Wildman–Crippen MR) is 101 cm³/mol. The number of hydrogen-bond acceptors (Lipinski definition) is 8. The van der Waals surface area contributed by atoms with Crippen molar-refractivity contribution in [2.24, 2.45) is 0 Å². The molecule has 0 spiro atoms. The van der Waals surface area contributed by atoms with Crippen molar-refractivity contribution < 1.29 is 9.47 Å². The summed E-state index contributed by atoms with van der Waals surface area (Å²) >= 11 is 0. The van der Waals surface area contributed by atoms with Gasteiger partial charge in [0.05, 0.1) is 32.2 Å². The summed E-state index contributed by atoms with van der Waals surface area (Å²) in [5.41, 5.74) is 1.72. The molecule has 2 aromatic heterocycles. The molecule has 0 radical (unpaired) electrons. The third kappa shape index (κ3) is 5.53. The van der Waals surface area contributed by atoms with E-state index in [1.165, 1.54) is 0 Å². The average Bonchev–Trinajstić information content (AvgIpc) is 2.66. The van der Waals surface area contributed by atoms with Gasteiger partial charge >= 0.3 is 0 Å². The van der Waals surface area contributed by atoms with Gasteiger partial charge in [-0.25, -0.2) is 9.97 Å². The van der Waals surface area contributed by atoms with Crippen LogP contribution >= 0.6 is 0 Å². The van der Waals surface area contributed by atoms with Crippen LogP contribution < -0.4 is 15.4 Å². The lowest BCUT2D eigenvalue weighted by Gasteiger charge is -2.26. The van der Waals surface area contributed by atoms with Gasteiger partial charge in [-0.3, -0.25) is 4.90 Å². The Morgan fingerprint density at radius 2 is 2.08 bits per heavy atom. The maximum atomic E-state index is 5.37. The van der Waals surface area contributed by atoms with E-state index in [2.05, 4.69) is 30.5 Å². The first-order valence-electron chi connectivity index (χ1n) is 8.89. The number of ether oxygens (including phenoxy) is 2. The smallest absolute Gasteiger partial charge is 0.229 e. The molecule has 0 atom stereocenters. The lowest BCUT2D eigenvalue weighted by Crippen LogP contribution is -2.37. The molecular formula is C18H26N6O2. The molecule has 3 rings (SSSR count). The van der Waals surface area contributed by atoms with E-state index in [9.17, 15) is 0 Å². The van der Waals surface area contributed by atoms with E-state index in [0.717, 1.165) is 63.0 Å². The molecule has 0 bridgehead atoms. The van der Waals surface area contributed by atoms with Crippen LogP contribution in [0.3, 0.4) is 0 Å². The van der Waals surface area contributed by atoms with Gasteiger partial charge in [0.2, 0.25) is 11.8 Å². The molecule has 0 aliphatic carbocycles. The van der Waals surface area contributed by atoms with Crippen molar-refractivity contribution in [2.75, 3.05) is 57.1 Å². The zero-order chi connectivity index (χ0) is 18.2. The Balaban J connectivity index is 1.51. The molecule has 26 heavy (non-hydrogen) atoms. The number of morpholine rings is 1. The van der Waals surface area contributed by atoms with E-state index in [1.807, 2.05) is 19.1 Å². The number of nitrogens with zero attached hydrogens (tertiary/aromatic N) is 4. The zero-order valence-corrected chi connectivity index (χ0v) is 15.4. The van der Waals surface area contributed by atoms with Crippen LogP contribution in [-0.4, -0.2) is 66.4 Å². The Morgan fingerprint density at radius 1 is 1.23 bits per heavy atom. The highest BCUT2D eigenvalue weighted by atomic mass is 16.5. The molecule has 0 unspecified atom stereocenters. The van der Waals surface area contributed by atoms with Crippen LogP contribution in [0.2, 0.25) is 0 Å². The number of aryl methyl sites for hydroxylation is 1. The molecule has 0 amide bonds. The first-order chi connectivity index (χ1) is 12.7. The second kappa shape index (κ2) is 9.30. The van der Waals surface area contributed by atoms with Gasteiger partial charge < -0.3 is 20.1 Å². The minimum absolute atomic E-state index is 0.549. The van der Waals surface area contributed by atoms with Gasteiger partial charge in [0, 0.05) is 37.5 Å². The molecule has 3 heterocycles. The molecule has 1 saturated heterocycles. The molecule has 0 aromatic carbocycles. The average molecular weight is 358 g/mol. The highest BCUT2D eigenvalue weighted by Gasteiger charge is 2.09. The Labute approximate surface area is 154 Å². The fourth-order valence-corrected chi connectivity index (χ4v) is 2.76. The molecule has 1 aliphatic rings. The summed E-state index contributed by atoms with van der Waals surface area (Å²) in [5, 5.41) is 6.56. The predicted octanol–water partition coefficient (Wildman–Crippen LogP) is 2.07. The number of anilines is 3. The van der Waals surface area contributed by atoms with Crippen LogP contribution in [0.4, 0.5) is 17.5 Å². The number of nitrogens with one attached hydrogen (secondary N) is 2. The lowest BCUT2D eigenvalue weighted by atomic mass is 10.3. The second-order valence-electron chi connectivity index (χ2n) is 6.17. The Morgan fingerprint density at radius 3 is 2.81 bits per heavy atom. The van der Waals surface area contributed by atoms with Gasteiger partial charge in [0.15, 0.2) is 0 Å². The van der Waals surface area contributed by atoms with Crippen LogP contribution in [0.5, 0.6) is 5.88 Å². The quantitative estimate of drug-likeness (QED) is 0.694. The molecule has 2 aromatic rings. The summed E-state index contributed by atoms with van der Waals surface area (Å²) in [7, 11) is 1.59. The SMILES string of the molecule is COc1ccc(Nc2nc(C)cc(NCCCN3CCOCC3)n2)cn1. The van der Waals surface area contributed by atoms with Crippen molar-refractivity contribution in [3.63, 3.8) is 0 Å². The van der Waals surface area contributed by atoms with Gasteiger partial charge in [-0.1, -0.05) is 0 Å². The van der Waals surface area contributed by atoms with Crippen LogP contribution in [0.15, 0.2) is 24.4 Å². The monoisotopic (exact) mass is 358 g/mol. The first-order valence-corrected chi connectivity index (χ1v) is 8.89. The van der Waals surface area contributed by atoms with Gasteiger partial charge in [-0.2, -0.15) is 4.98 Å². The maximum absolute atomic E-state index is 5.37. The van der Waals surface area contributed by atoms with E-state index < -0.39 is 0 Å². The number of methoxy groups -OCH3 is 1. The lowest BCUT2D eigenvalue weighted by molar-refractivity contribution is 0.0378.